The lowest BCUT2D eigenvalue weighted by atomic mass is 10.1. The second-order valence-electron chi connectivity index (χ2n) is 3.62. The third-order valence-electron chi connectivity index (χ3n) is 2.52. The molecule has 0 radical (unpaired) electrons. The molecule has 4 nitrogen and oxygen atoms in total. The minimum absolute atomic E-state index is 0.353. The van der Waals surface area contributed by atoms with Crippen molar-refractivity contribution >= 4 is 32.7 Å². The molecule has 0 unspecified atom stereocenters. The van der Waals surface area contributed by atoms with Gasteiger partial charge < -0.3 is 10.3 Å². The summed E-state index contributed by atoms with van der Waals surface area (Å²) in [7, 11) is 0. The largest absolute Gasteiger partial charge is 0.380 e. The Balaban J connectivity index is 2.21. The third kappa shape index (κ3) is 1.68. The summed E-state index contributed by atoms with van der Waals surface area (Å²) in [6.07, 6.45) is 1.77. The van der Waals surface area contributed by atoms with Crippen LogP contribution in [0.15, 0.2) is 45.5 Å². The summed E-state index contributed by atoms with van der Waals surface area (Å²) in [4.78, 5) is 4.26. The van der Waals surface area contributed by atoms with Gasteiger partial charge in [0.25, 0.3) is 0 Å². The molecule has 0 atom stereocenters. The molecule has 84 valence electrons. The minimum atomic E-state index is 0.353. The highest BCUT2D eigenvalue weighted by molar-refractivity contribution is 9.10. The van der Waals surface area contributed by atoms with Crippen molar-refractivity contribution in [3.8, 4) is 11.3 Å². The van der Waals surface area contributed by atoms with Gasteiger partial charge in [-0.2, -0.15) is 0 Å². The monoisotopic (exact) mass is 289 g/mol. The molecule has 5 heteroatoms. The van der Waals surface area contributed by atoms with Gasteiger partial charge in [-0.15, -0.1) is 0 Å². The topological polar surface area (TPSA) is 64.9 Å². The van der Waals surface area contributed by atoms with E-state index in [0.29, 0.717) is 16.1 Å². The normalized spacial score (nSPS) is 10.9. The average molecular weight is 290 g/mol. The first-order chi connectivity index (χ1) is 8.25. The SMILES string of the molecule is Nc1noc(-c2ccc3ncccc3c2)c1Br. The summed E-state index contributed by atoms with van der Waals surface area (Å²) in [6, 6.07) is 9.76. The Labute approximate surface area is 106 Å². The van der Waals surface area contributed by atoms with Gasteiger partial charge in [0, 0.05) is 17.1 Å². The van der Waals surface area contributed by atoms with E-state index in [2.05, 4.69) is 26.1 Å². The zero-order valence-corrected chi connectivity index (χ0v) is 10.3. The predicted octanol–water partition coefficient (Wildman–Crippen LogP) is 3.23. The Morgan fingerprint density at radius 1 is 1.24 bits per heavy atom. The van der Waals surface area contributed by atoms with Crippen LogP contribution in [0, 0.1) is 0 Å². The molecule has 2 N–H and O–H groups in total. The van der Waals surface area contributed by atoms with Gasteiger partial charge in [0.05, 0.1) is 5.52 Å². The first-order valence-corrected chi connectivity index (χ1v) is 5.81. The number of hydrogen-bond donors (Lipinski definition) is 1. The van der Waals surface area contributed by atoms with Gasteiger partial charge in [0.1, 0.15) is 4.47 Å². The molecule has 0 saturated carbocycles. The number of fused-ring (bicyclic) bond motifs is 1. The van der Waals surface area contributed by atoms with Crippen LogP contribution in [0.25, 0.3) is 22.2 Å². The second-order valence-corrected chi connectivity index (χ2v) is 4.41. The number of aromatic nitrogens is 2. The number of nitrogen functional groups attached to an aromatic ring is 1. The Morgan fingerprint density at radius 2 is 2.12 bits per heavy atom. The Hall–Kier alpha value is -1.88. The van der Waals surface area contributed by atoms with Crippen LogP contribution in [0.4, 0.5) is 5.82 Å². The van der Waals surface area contributed by atoms with Gasteiger partial charge in [-0.1, -0.05) is 11.2 Å². The van der Waals surface area contributed by atoms with E-state index in [1.807, 2.05) is 30.3 Å². The van der Waals surface area contributed by atoms with E-state index in [1.54, 1.807) is 6.20 Å². The zero-order chi connectivity index (χ0) is 11.8. The van der Waals surface area contributed by atoms with Gasteiger partial charge in [0.2, 0.25) is 0 Å². The van der Waals surface area contributed by atoms with Crippen LogP contribution in [0.2, 0.25) is 0 Å². The molecule has 0 aliphatic rings. The third-order valence-corrected chi connectivity index (χ3v) is 3.29. The molecule has 3 aromatic rings. The van der Waals surface area contributed by atoms with Gasteiger partial charge in [0.15, 0.2) is 11.6 Å². The smallest absolute Gasteiger partial charge is 0.183 e. The van der Waals surface area contributed by atoms with Gasteiger partial charge in [-0.25, -0.2) is 0 Å². The quantitative estimate of drug-likeness (QED) is 0.747. The fraction of sp³-hybridized carbons (Fsp3) is 0. The number of anilines is 1. The number of nitrogens with zero attached hydrogens (tertiary/aromatic N) is 2. The molecule has 2 aromatic heterocycles. The maximum absolute atomic E-state index is 5.63. The lowest BCUT2D eigenvalue weighted by Crippen LogP contribution is -1.83. The van der Waals surface area contributed by atoms with Crippen LogP contribution in [0.3, 0.4) is 0 Å². The fourth-order valence-corrected chi connectivity index (χ4v) is 2.06. The number of hydrogen-bond acceptors (Lipinski definition) is 4. The summed E-state index contributed by atoms with van der Waals surface area (Å²) >= 11 is 3.35. The van der Waals surface area contributed by atoms with E-state index in [9.17, 15) is 0 Å². The van der Waals surface area contributed by atoms with Crippen LogP contribution in [0.5, 0.6) is 0 Å². The number of benzene rings is 1. The van der Waals surface area contributed by atoms with E-state index >= 15 is 0 Å². The first-order valence-electron chi connectivity index (χ1n) is 5.01. The number of pyridine rings is 1. The van der Waals surface area contributed by atoms with Crippen molar-refractivity contribution in [1.29, 1.82) is 0 Å². The highest BCUT2D eigenvalue weighted by atomic mass is 79.9. The highest BCUT2D eigenvalue weighted by Crippen LogP contribution is 2.33. The molecule has 0 saturated heterocycles. The van der Waals surface area contributed by atoms with Gasteiger partial charge >= 0.3 is 0 Å². The Kier molecular flexibility index (Phi) is 2.33. The average Bonchev–Trinajstić information content (AvgIpc) is 2.70. The summed E-state index contributed by atoms with van der Waals surface area (Å²) in [6.45, 7) is 0. The maximum Gasteiger partial charge on any atom is 0.183 e. The van der Waals surface area contributed by atoms with E-state index < -0.39 is 0 Å². The molecule has 0 aliphatic carbocycles. The number of rotatable bonds is 1. The summed E-state index contributed by atoms with van der Waals surface area (Å²) in [5, 5.41) is 4.76. The second kappa shape index (κ2) is 3.85. The van der Waals surface area contributed by atoms with Gasteiger partial charge in [-0.05, 0) is 40.2 Å². The number of nitrogens with two attached hydrogens (primary N) is 1. The number of halogens is 1. The van der Waals surface area contributed by atoms with Gasteiger partial charge in [-0.3, -0.25) is 4.98 Å². The predicted molar refractivity (Wildman–Crippen MR) is 69.4 cm³/mol. The van der Waals surface area contributed by atoms with Crippen LogP contribution in [0.1, 0.15) is 0 Å². The van der Waals surface area contributed by atoms with Crippen molar-refractivity contribution in [3.63, 3.8) is 0 Å². The molecule has 0 fully saturated rings. The molecule has 0 aliphatic heterocycles. The van der Waals surface area contributed by atoms with Crippen molar-refractivity contribution in [2.45, 2.75) is 0 Å². The van der Waals surface area contributed by atoms with E-state index in [1.165, 1.54) is 0 Å². The Morgan fingerprint density at radius 3 is 2.88 bits per heavy atom. The molecule has 0 spiro atoms. The minimum Gasteiger partial charge on any atom is -0.380 e. The molecular formula is C12H8BrN3O. The fourth-order valence-electron chi connectivity index (χ4n) is 1.69. The van der Waals surface area contributed by atoms with Crippen molar-refractivity contribution in [2.75, 3.05) is 5.73 Å². The molecule has 0 bridgehead atoms. The maximum atomic E-state index is 5.63. The highest BCUT2D eigenvalue weighted by Gasteiger charge is 2.13. The summed E-state index contributed by atoms with van der Waals surface area (Å²) < 4.78 is 5.87. The lowest BCUT2D eigenvalue weighted by Gasteiger charge is -2.00. The lowest BCUT2D eigenvalue weighted by molar-refractivity contribution is 0.435. The van der Waals surface area contributed by atoms with Crippen LogP contribution in [-0.2, 0) is 0 Å². The summed E-state index contributed by atoms with van der Waals surface area (Å²) in [5.41, 5.74) is 7.49. The molecule has 1 aromatic carbocycles. The van der Waals surface area contributed by atoms with Crippen molar-refractivity contribution in [2.24, 2.45) is 0 Å². The van der Waals surface area contributed by atoms with Crippen molar-refractivity contribution < 1.29 is 4.52 Å². The van der Waals surface area contributed by atoms with Crippen LogP contribution in [-0.4, -0.2) is 10.1 Å². The standard InChI is InChI=1S/C12H8BrN3O/c13-10-11(17-16-12(10)14)8-3-4-9-7(6-8)2-1-5-15-9/h1-6H,(H2,14,16). The van der Waals surface area contributed by atoms with E-state index in [0.717, 1.165) is 16.5 Å². The molecule has 3 rings (SSSR count). The first kappa shape index (κ1) is 10.3. The Bertz CT molecular complexity index is 693. The molecule has 2 heterocycles. The molecule has 17 heavy (non-hydrogen) atoms. The molecule has 0 amide bonds. The van der Waals surface area contributed by atoms with Crippen molar-refractivity contribution in [1.82, 2.24) is 10.1 Å². The van der Waals surface area contributed by atoms with Crippen LogP contribution < -0.4 is 5.73 Å². The van der Waals surface area contributed by atoms with E-state index in [4.69, 9.17) is 10.3 Å². The van der Waals surface area contributed by atoms with Crippen LogP contribution >= 0.6 is 15.9 Å². The summed E-state index contributed by atoms with van der Waals surface area (Å²) in [5.74, 6) is 0.986. The van der Waals surface area contributed by atoms with Crippen molar-refractivity contribution in [3.05, 3.63) is 41.0 Å². The van der Waals surface area contributed by atoms with E-state index in [-0.39, 0.29) is 0 Å². The zero-order valence-electron chi connectivity index (χ0n) is 8.72. The molecular weight excluding hydrogens is 282 g/mol.